The van der Waals surface area contributed by atoms with Gasteiger partial charge in [-0.2, -0.15) is 0 Å². The van der Waals surface area contributed by atoms with Gasteiger partial charge in [-0.25, -0.2) is 0 Å². The second kappa shape index (κ2) is 6.25. The summed E-state index contributed by atoms with van der Waals surface area (Å²) in [4.78, 5) is 13.4. The molecule has 0 fully saturated rings. The molecule has 0 aliphatic rings. The molecule has 1 amide bonds. The molecular weight excluding hydrogens is 216 g/mol. The summed E-state index contributed by atoms with van der Waals surface area (Å²) >= 11 is 0. The maximum atomic E-state index is 11.4. The zero-order valence-electron chi connectivity index (χ0n) is 10.6. The molecule has 1 rings (SSSR count). The summed E-state index contributed by atoms with van der Waals surface area (Å²) in [6.07, 6.45) is 0. The lowest BCUT2D eigenvalue weighted by atomic mass is 10.1. The molecule has 0 heterocycles. The number of para-hydroxylation sites is 1. The van der Waals surface area contributed by atoms with Gasteiger partial charge >= 0.3 is 0 Å². The summed E-state index contributed by atoms with van der Waals surface area (Å²) in [5.74, 6) is -0.0601. The Bertz CT molecular complexity index is 379. The predicted octanol–water partition coefficient (Wildman–Crippen LogP) is 0.997. The molecule has 1 aromatic rings. The van der Waals surface area contributed by atoms with Crippen LogP contribution in [0, 0.1) is 5.92 Å². The van der Waals surface area contributed by atoms with Gasteiger partial charge in [0.05, 0.1) is 12.5 Å². The van der Waals surface area contributed by atoms with Crippen molar-refractivity contribution in [2.45, 2.75) is 13.5 Å². The Kier molecular flexibility index (Phi) is 4.97. The van der Waals surface area contributed by atoms with Gasteiger partial charge in [0.25, 0.3) is 0 Å². The zero-order valence-corrected chi connectivity index (χ0v) is 10.6. The molecule has 0 bridgehead atoms. The third-order valence-corrected chi connectivity index (χ3v) is 2.81. The van der Waals surface area contributed by atoms with Crippen LogP contribution in [0.3, 0.4) is 0 Å². The number of benzene rings is 1. The lowest BCUT2D eigenvalue weighted by Gasteiger charge is -2.24. The van der Waals surface area contributed by atoms with Crippen LogP contribution in [0.15, 0.2) is 24.3 Å². The Labute approximate surface area is 102 Å². The molecule has 4 heteroatoms. The summed E-state index contributed by atoms with van der Waals surface area (Å²) < 4.78 is 0. The number of carbonyl (C=O) groups is 1. The maximum Gasteiger partial charge on any atom is 0.224 e. The largest absolute Gasteiger partial charge is 0.392 e. The van der Waals surface area contributed by atoms with Crippen molar-refractivity contribution in [2.75, 3.05) is 25.5 Å². The van der Waals surface area contributed by atoms with Gasteiger partial charge in [-0.1, -0.05) is 25.1 Å². The molecule has 0 saturated carbocycles. The van der Waals surface area contributed by atoms with Crippen LogP contribution in [-0.4, -0.2) is 31.7 Å². The maximum absolute atomic E-state index is 11.4. The van der Waals surface area contributed by atoms with Gasteiger partial charge in [0.2, 0.25) is 5.91 Å². The fourth-order valence-corrected chi connectivity index (χ4v) is 1.86. The Morgan fingerprint density at radius 1 is 1.47 bits per heavy atom. The van der Waals surface area contributed by atoms with Crippen LogP contribution < -0.4 is 10.2 Å². The van der Waals surface area contributed by atoms with Crippen molar-refractivity contribution in [1.82, 2.24) is 5.32 Å². The van der Waals surface area contributed by atoms with Crippen LogP contribution in [0.4, 0.5) is 5.69 Å². The van der Waals surface area contributed by atoms with Crippen molar-refractivity contribution >= 4 is 11.6 Å². The van der Waals surface area contributed by atoms with E-state index in [2.05, 4.69) is 5.32 Å². The van der Waals surface area contributed by atoms with E-state index in [0.29, 0.717) is 6.54 Å². The van der Waals surface area contributed by atoms with Crippen LogP contribution in [0.5, 0.6) is 0 Å². The first-order valence-electron chi connectivity index (χ1n) is 5.71. The number of amides is 1. The number of rotatable bonds is 5. The first kappa shape index (κ1) is 13.5. The molecule has 1 aromatic carbocycles. The average Bonchev–Trinajstić information content (AvgIpc) is 2.37. The van der Waals surface area contributed by atoms with E-state index in [4.69, 9.17) is 0 Å². The van der Waals surface area contributed by atoms with Gasteiger partial charge in [0.15, 0.2) is 0 Å². The van der Waals surface area contributed by atoms with Crippen molar-refractivity contribution in [1.29, 1.82) is 0 Å². The van der Waals surface area contributed by atoms with Crippen LogP contribution in [-0.2, 0) is 11.4 Å². The highest BCUT2D eigenvalue weighted by Gasteiger charge is 2.15. The first-order valence-corrected chi connectivity index (χ1v) is 5.71. The van der Waals surface area contributed by atoms with Crippen LogP contribution in [0.25, 0.3) is 0 Å². The van der Waals surface area contributed by atoms with E-state index >= 15 is 0 Å². The normalized spacial score (nSPS) is 12.0. The third-order valence-electron chi connectivity index (χ3n) is 2.81. The summed E-state index contributed by atoms with van der Waals surface area (Å²) in [6.45, 7) is 2.52. The quantitative estimate of drug-likeness (QED) is 0.802. The number of aliphatic hydroxyl groups excluding tert-OH is 1. The van der Waals surface area contributed by atoms with Crippen molar-refractivity contribution in [2.24, 2.45) is 5.92 Å². The topological polar surface area (TPSA) is 52.6 Å². The fourth-order valence-electron chi connectivity index (χ4n) is 1.86. The monoisotopic (exact) mass is 236 g/mol. The summed E-state index contributed by atoms with van der Waals surface area (Å²) in [6, 6.07) is 7.65. The van der Waals surface area contributed by atoms with Gasteiger partial charge < -0.3 is 15.3 Å². The third kappa shape index (κ3) is 3.46. The summed E-state index contributed by atoms with van der Waals surface area (Å²) in [5, 5.41) is 11.9. The average molecular weight is 236 g/mol. The molecule has 0 aromatic heterocycles. The number of aliphatic hydroxyl groups is 1. The van der Waals surface area contributed by atoms with E-state index in [9.17, 15) is 9.90 Å². The SMILES string of the molecule is CNC(=O)C(C)CN(C)c1ccccc1CO. The van der Waals surface area contributed by atoms with E-state index in [1.54, 1.807) is 7.05 Å². The predicted molar refractivity (Wildman–Crippen MR) is 68.9 cm³/mol. The highest BCUT2D eigenvalue weighted by Crippen LogP contribution is 2.19. The Hall–Kier alpha value is -1.55. The van der Waals surface area contributed by atoms with E-state index in [1.165, 1.54) is 0 Å². The fraction of sp³-hybridized carbons (Fsp3) is 0.462. The molecule has 0 radical (unpaired) electrons. The second-order valence-electron chi connectivity index (χ2n) is 4.18. The molecule has 4 nitrogen and oxygen atoms in total. The molecule has 1 unspecified atom stereocenters. The molecule has 0 saturated heterocycles. The minimum Gasteiger partial charge on any atom is -0.392 e. The molecule has 17 heavy (non-hydrogen) atoms. The van der Waals surface area contributed by atoms with Crippen molar-refractivity contribution in [3.8, 4) is 0 Å². The molecule has 0 aliphatic heterocycles. The number of hydrogen-bond acceptors (Lipinski definition) is 3. The standard InChI is InChI=1S/C13H20N2O2/c1-10(13(17)14-2)8-15(3)12-7-5-4-6-11(12)9-16/h4-7,10,16H,8-9H2,1-3H3,(H,14,17). The van der Waals surface area contributed by atoms with Crippen LogP contribution in [0.2, 0.25) is 0 Å². The second-order valence-corrected chi connectivity index (χ2v) is 4.18. The van der Waals surface area contributed by atoms with Gasteiger partial charge in [0, 0.05) is 31.9 Å². The minimum atomic E-state index is -0.0863. The summed E-state index contributed by atoms with van der Waals surface area (Å²) in [5.41, 5.74) is 1.84. The van der Waals surface area contributed by atoms with Gasteiger partial charge in [-0.3, -0.25) is 4.79 Å². The van der Waals surface area contributed by atoms with Gasteiger partial charge in [0.1, 0.15) is 0 Å². The molecule has 1 atom stereocenters. The van der Waals surface area contributed by atoms with Crippen LogP contribution >= 0.6 is 0 Å². The Morgan fingerprint density at radius 3 is 2.71 bits per heavy atom. The minimum absolute atomic E-state index is 0.00880. The number of hydrogen-bond donors (Lipinski definition) is 2. The van der Waals surface area contributed by atoms with E-state index in [1.807, 2.05) is 43.1 Å². The van der Waals surface area contributed by atoms with Gasteiger partial charge in [-0.05, 0) is 6.07 Å². The summed E-state index contributed by atoms with van der Waals surface area (Å²) in [7, 11) is 3.56. The zero-order chi connectivity index (χ0) is 12.8. The first-order chi connectivity index (χ1) is 8.10. The highest BCUT2D eigenvalue weighted by molar-refractivity contribution is 5.78. The molecule has 0 aliphatic carbocycles. The number of nitrogens with one attached hydrogen (secondary N) is 1. The Morgan fingerprint density at radius 2 is 2.12 bits per heavy atom. The smallest absolute Gasteiger partial charge is 0.224 e. The lowest BCUT2D eigenvalue weighted by molar-refractivity contribution is -0.123. The molecule has 0 spiro atoms. The van der Waals surface area contributed by atoms with Crippen molar-refractivity contribution in [3.63, 3.8) is 0 Å². The molecule has 94 valence electrons. The number of nitrogens with zero attached hydrogens (tertiary/aromatic N) is 1. The Balaban J connectivity index is 2.75. The van der Waals surface area contributed by atoms with Crippen molar-refractivity contribution in [3.05, 3.63) is 29.8 Å². The number of anilines is 1. The number of carbonyl (C=O) groups excluding carboxylic acids is 1. The highest BCUT2D eigenvalue weighted by atomic mass is 16.3. The van der Waals surface area contributed by atoms with Crippen molar-refractivity contribution < 1.29 is 9.90 Å². The van der Waals surface area contributed by atoms with E-state index < -0.39 is 0 Å². The van der Waals surface area contributed by atoms with E-state index in [0.717, 1.165) is 11.3 Å². The van der Waals surface area contributed by atoms with Gasteiger partial charge in [-0.15, -0.1) is 0 Å². The van der Waals surface area contributed by atoms with Crippen LogP contribution in [0.1, 0.15) is 12.5 Å². The van der Waals surface area contributed by atoms with E-state index in [-0.39, 0.29) is 18.4 Å². The lowest BCUT2D eigenvalue weighted by Crippen LogP contribution is -2.34. The molecule has 2 N–H and O–H groups in total. The molecular formula is C13H20N2O2.